The highest BCUT2D eigenvalue weighted by Crippen LogP contribution is 2.18. The third-order valence-corrected chi connectivity index (χ3v) is 5.30. The normalized spacial score (nSPS) is 16.2. The predicted molar refractivity (Wildman–Crippen MR) is 111 cm³/mol. The van der Waals surface area contributed by atoms with Crippen LogP contribution < -0.4 is 10.2 Å². The van der Waals surface area contributed by atoms with Gasteiger partial charge in [0.25, 0.3) is 5.91 Å². The molecule has 1 N–H and O–H groups in total. The Labute approximate surface area is 166 Å². The minimum absolute atomic E-state index is 0.0866. The Hall–Kier alpha value is -2.11. The highest BCUT2D eigenvalue weighted by atomic mass is 35.5. The molecule has 0 bridgehead atoms. The molecule has 144 valence electrons. The van der Waals surface area contributed by atoms with Crippen LogP contribution in [0.1, 0.15) is 29.3 Å². The average Bonchev–Trinajstić information content (AvgIpc) is 2.67. The number of piperazine rings is 1. The van der Waals surface area contributed by atoms with Crippen molar-refractivity contribution in [3.05, 3.63) is 58.9 Å². The van der Waals surface area contributed by atoms with E-state index in [1.54, 1.807) is 18.3 Å². The van der Waals surface area contributed by atoms with E-state index in [1.807, 2.05) is 6.92 Å². The summed E-state index contributed by atoms with van der Waals surface area (Å²) in [7, 11) is 0. The van der Waals surface area contributed by atoms with Crippen LogP contribution in [0.25, 0.3) is 0 Å². The molecule has 3 rings (SSSR count). The second kappa shape index (κ2) is 9.20. The van der Waals surface area contributed by atoms with Gasteiger partial charge >= 0.3 is 0 Å². The topological polar surface area (TPSA) is 48.5 Å². The van der Waals surface area contributed by atoms with Crippen molar-refractivity contribution in [2.75, 3.05) is 37.6 Å². The van der Waals surface area contributed by atoms with Crippen molar-refractivity contribution in [3.8, 4) is 0 Å². The van der Waals surface area contributed by atoms with Crippen molar-refractivity contribution in [1.82, 2.24) is 15.2 Å². The molecule has 2 aromatic rings. The van der Waals surface area contributed by atoms with Crippen LogP contribution in [0.2, 0.25) is 5.15 Å². The van der Waals surface area contributed by atoms with E-state index >= 15 is 0 Å². The minimum atomic E-state index is -0.162. The van der Waals surface area contributed by atoms with Gasteiger partial charge in [-0.25, -0.2) is 4.98 Å². The van der Waals surface area contributed by atoms with Gasteiger partial charge < -0.3 is 10.2 Å². The van der Waals surface area contributed by atoms with Crippen LogP contribution in [-0.2, 0) is 0 Å². The van der Waals surface area contributed by atoms with Gasteiger partial charge in [0.15, 0.2) is 0 Å². The summed E-state index contributed by atoms with van der Waals surface area (Å²) in [5.74, 6) is -0.162. The summed E-state index contributed by atoms with van der Waals surface area (Å²) < 4.78 is 0. The monoisotopic (exact) mass is 386 g/mol. The number of carbonyl (C=O) groups excluding carboxylic acids is 1. The number of nitrogens with one attached hydrogen (secondary N) is 1. The van der Waals surface area contributed by atoms with Crippen molar-refractivity contribution in [2.45, 2.75) is 26.3 Å². The van der Waals surface area contributed by atoms with Gasteiger partial charge in [0.05, 0.1) is 5.56 Å². The lowest BCUT2D eigenvalue weighted by Crippen LogP contribution is -2.47. The zero-order chi connectivity index (χ0) is 19.2. The summed E-state index contributed by atoms with van der Waals surface area (Å²) in [5.41, 5.74) is 3.04. The smallest absolute Gasteiger partial charge is 0.254 e. The van der Waals surface area contributed by atoms with Gasteiger partial charge in [-0.3, -0.25) is 9.69 Å². The lowest BCUT2D eigenvalue weighted by Gasteiger charge is -2.36. The molecule has 1 aliphatic rings. The summed E-state index contributed by atoms with van der Waals surface area (Å²) in [6, 6.07) is 12.2. The predicted octanol–water partition coefficient (Wildman–Crippen LogP) is 3.37. The zero-order valence-electron chi connectivity index (χ0n) is 16.0. The lowest BCUT2D eigenvalue weighted by molar-refractivity contribution is 0.0935. The fraction of sp³-hybridized carbons (Fsp3) is 0.429. The molecule has 6 heteroatoms. The first kappa shape index (κ1) is 19.6. The molecule has 0 radical (unpaired) electrons. The fourth-order valence-corrected chi connectivity index (χ4v) is 3.56. The maximum Gasteiger partial charge on any atom is 0.254 e. The molecule has 1 fully saturated rings. The van der Waals surface area contributed by atoms with E-state index in [0.29, 0.717) is 5.56 Å². The Kier molecular flexibility index (Phi) is 6.69. The van der Waals surface area contributed by atoms with Crippen molar-refractivity contribution < 1.29 is 4.79 Å². The summed E-state index contributed by atoms with van der Waals surface area (Å²) in [4.78, 5) is 21.2. The van der Waals surface area contributed by atoms with Crippen LogP contribution in [0.3, 0.4) is 0 Å². The largest absolute Gasteiger partial charge is 0.369 e. The van der Waals surface area contributed by atoms with Crippen molar-refractivity contribution in [3.63, 3.8) is 0 Å². The quantitative estimate of drug-likeness (QED) is 0.773. The maximum atomic E-state index is 12.3. The number of anilines is 1. The lowest BCUT2D eigenvalue weighted by atomic mass is 10.1. The van der Waals surface area contributed by atoms with E-state index in [9.17, 15) is 4.79 Å². The van der Waals surface area contributed by atoms with Gasteiger partial charge in [-0.05, 0) is 50.1 Å². The number of aryl methyl sites for hydroxylation is 1. The van der Waals surface area contributed by atoms with Gasteiger partial charge in [0, 0.05) is 50.6 Å². The number of halogens is 1. The molecule has 1 atom stereocenters. The molecule has 1 aliphatic heterocycles. The molecule has 2 heterocycles. The van der Waals surface area contributed by atoms with Crippen LogP contribution in [-0.4, -0.2) is 54.6 Å². The Morgan fingerprint density at radius 3 is 2.70 bits per heavy atom. The van der Waals surface area contributed by atoms with Gasteiger partial charge in [-0.15, -0.1) is 0 Å². The van der Waals surface area contributed by atoms with Crippen molar-refractivity contribution in [2.24, 2.45) is 0 Å². The summed E-state index contributed by atoms with van der Waals surface area (Å²) in [5, 5.41) is 3.26. The molecule has 0 spiro atoms. The number of rotatable bonds is 6. The van der Waals surface area contributed by atoms with E-state index in [0.717, 1.165) is 39.1 Å². The zero-order valence-corrected chi connectivity index (χ0v) is 16.7. The standard InChI is InChI=1S/C21H27ClN4O/c1-16-5-3-6-18(15-16)26-13-11-25(12-14-26)10-8-17(2)24-21(27)19-7-4-9-23-20(19)22/h3-7,9,15,17H,8,10-14H2,1-2H3,(H,24,27). The van der Waals surface area contributed by atoms with Crippen molar-refractivity contribution in [1.29, 1.82) is 0 Å². The number of amides is 1. The molecule has 1 unspecified atom stereocenters. The molecule has 1 aromatic heterocycles. The third-order valence-electron chi connectivity index (χ3n) is 5.00. The SMILES string of the molecule is Cc1cccc(N2CCN(CCC(C)NC(=O)c3cccnc3Cl)CC2)c1. The molecule has 1 aromatic carbocycles. The number of aromatic nitrogens is 1. The van der Waals surface area contributed by atoms with E-state index in [2.05, 4.69) is 51.3 Å². The minimum Gasteiger partial charge on any atom is -0.369 e. The molecular formula is C21H27ClN4O. The molecule has 0 saturated carbocycles. The molecule has 0 aliphatic carbocycles. The fourth-order valence-electron chi connectivity index (χ4n) is 3.36. The van der Waals surface area contributed by atoms with Gasteiger partial charge in [-0.1, -0.05) is 23.7 Å². The van der Waals surface area contributed by atoms with E-state index < -0.39 is 0 Å². The summed E-state index contributed by atoms with van der Waals surface area (Å²) in [6.07, 6.45) is 2.49. The Bertz CT molecular complexity index is 774. The van der Waals surface area contributed by atoms with E-state index in [1.165, 1.54) is 11.3 Å². The average molecular weight is 387 g/mol. The number of pyridine rings is 1. The molecule has 1 saturated heterocycles. The van der Waals surface area contributed by atoms with Crippen LogP contribution in [0, 0.1) is 6.92 Å². The first-order chi connectivity index (χ1) is 13.0. The van der Waals surface area contributed by atoms with E-state index in [-0.39, 0.29) is 17.1 Å². The highest BCUT2D eigenvalue weighted by Gasteiger charge is 2.19. The second-order valence-corrected chi connectivity index (χ2v) is 7.53. The van der Waals surface area contributed by atoms with Gasteiger partial charge in [0.2, 0.25) is 0 Å². The third kappa shape index (κ3) is 5.44. The maximum absolute atomic E-state index is 12.3. The van der Waals surface area contributed by atoms with Crippen molar-refractivity contribution >= 4 is 23.2 Å². The number of nitrogens with zero attached hydrogens (tertiary/aromatic N) is 3. The van der Waals surface area contributed by atoms with Crippen LogP contribution >= 0.6 is 11.6 Å². The highest BCUT2D eigenvalue weighted by molar-refractivity contribution is 6.32. The molecule has 27 heavy (non-hydrogen) atoms. The van der Waals surface area contributed by atoms with Crippen LogP contribution in [0.5, 0.6) is 0 Å². The van der Waals surface area contributed by atoms with E-state index in [4.69, 9.17) is 11.6 Å². The Morgan fingerprint density at radius 2 is 2.00 bits per heavy atom. The molecular weight excluding hydrogens is 360 g/mol. The van der Waals surface area contributed by atoms with Gasteiger partial charge in [-0.2, -0.15) is 0 Å². The number of hydrogen-bond acceptors (Lipinski definition) is 4. The first-order valence-electron chi connectivity index (χ1n) is 9.48. The summed E-state index contributed by atoms with van der Waals surface area (Å²) >= 11 is 5.99. The Balaban J connectivity index is 1.42. The van der Waals surface area contributed by atoms with Crippen LogP contribution in [0.15, 0.2) is 42.6 Å². The number of hydrogen-bond donors (Lipinski definition) is 1. The first-order valence-corrected chi connectivity index (χ1v) is 9.86. The Morgan fingerprint density at radius 1 is 1.22 bits per heavy atom. The van der Waals surface area contributed by atoms with Crippen LogP contribution in [0.4, 0.5) is 5.69 Å². The second-order valence-electron chi connectivity index (χ2n) is 7.17. The molecule has 1 amide bonds. The molecule has 5 nitrogen and oxygen atoms in total. The number of carbonyl (C=O) groups is 1. The van der Waals surface area contributed by atoms with Gasteiger partial charge in [0.1, 0.15) is 5.15 Å². The summed E-state index contributed by atoms with van der Waals surface area (Å²) in [6.45, 7) is 9.31. The number of benzene rings is 1.